The molecule has 0 saturated carbocycles. The third-order valence-electron chi connectivity index (χ3n) is 4.36. The summed E-state index contributed by atoms with van der Waals surface area (Å²) < 4.78 is 3.82. The van der Waals surface area contributed by atoms with E-state index in [9.17, 15) is 4.79 Å². The molecule has 7 heteroatoms. The number of hydrogen-bond acceptors (Lipinski definition) is 3. The van der Waals surface area contributed by atoms with Gasteiger partial charge in [-0.3, -0.25) is 14.6 Å². The van der Waals surface area contributed by atoms with E-state index >= 15 is 0 Å². The van der Waals surface area contributed by atoms with Crippen molar-refractivity contribution >= 4 is 5.91 Å². The van der Waals surface area contributed by atoms with Gasteiger partial charge in [0.15, 0.2) is 0 Å². The molecule has 0 fully saturated rings. The summed E-state index contributed by atoms with van der Waals surface area (Å²) >= 11 is 0. The summed E-state index contributed by atoms with van der Waals surface area (Å²) in [6.45, 7) is 1.11. The van der Waals surface area contributed by atoms with Crippen LogP contribution in [0.1, 0.15) is 21.6 Å². The molecule has 1 amide bonds. The molecule has 0 aliphatic rings. The van der Waals surface area contributed by atoms with Crippen molar-refractivity contribution in [1.29, 1.82) is 0 Å². The Morgan fingerprint density at radius 1 is 1.15 bits per heavy atom. The SMILES string of the molecule is Cn1cccc1-c1cc(C(=O)NCc2cnn(Cc3ccccc3)c2)[nH]n1. The number of amides is 1. The highest BCUT2D eigenvalue weighted by atomic mass is 16.1. The highest BCUT2D eigenvalue weighted by Gasteiger charge is 2.12. The second-order valence-corrected chi connectivity index (χ2v) is 6.39. The van der Waals surface area contributed by atoms with Crippen LogP contribution >= 0.6 is 0 Å². The zero-order chi connectivity index (χ0) is 18.6. The quantitative estimate of drug-likeness (QED) is 0.555. The van der Waals surface area contributed by atoms with E-state index in [2.05, 4.69) is 32.7 Å². The van der Waals surface area contributed by atoms with Crippen molar-refractivity contribution in [2.24, 2.45) is 7.05 Å². The van der Waals surface area contributed by atoms with Crippen LogP contribution in [0.2, 0.25) is 0 Å². The van der Waals surface area contributed by atoms with Crippen molar-refractivity contribution in [3.05, 3.63) is 83.9 Å². The number of nitrogens with one attached hydrogen (secondary N) is 2. The van der Waals surface area contributed by atoms with Crippen molar-refractivity contribution in [1.82, 2.24) is 29.9 Å². The van der Waals surface area contributed by atoms with Crippen LogP contribution in [-0.2, 0) is 20.1 Å². The third-order valence-corrected chi connectivity index (χ3v) is 4.36. The maximum absolute atomic E-state index is 12.4. The first-order chi connectivity index (χ1) is 13.2. The normalized spacial score (nSPS) is 10.9. The van der Waals surface area contributed by atoms with Crippen LogP contribution in [0.5, 0.6) is 0 Å². The van der Waals surface area contributed by atoms with Gasteiger partial charge in [0.2, 0.25) is 0 Å². The first-order valence-corrected chi connectivity index (χ1v) is 8.69. The maximum atomic E-state index is 12.4. The molecular formula is C20H20N6O. The monoisotopic (exact) mass is 360 g/mol. The molecule has 3 heterocycles. The third kappa shape index (κ3) is 3.82. The second-order valence-electron chi connectivity index (χ2n) is 6.39. The molecule has 27 heavy (non-hydrogen) atoms. The van der Waals surface area contributed by atoms with E-state index in [0.29, 0.717) is 18.8 Å². The number of rotatable bonds is 6. The van der Waals surface area contributed by atoms with Gasteiger partial charge in [0, 0.05) is 31.5 Å². The summed E-state index contributed by atoms with van der Waals surface area (Å²) in [5, 5.41) is 14.3. The summed E-state index contributed by atoms with van der Waals surface area (Å²) in [6, 6.07) is 15.8. The summed E-state index contributed by atoms with van der Waals surface area (Å²) in [5.74, 6) is -0.196. The van der Waals surface area contributed by atoms with Gasteiger partial charge in [-0.2, -0.15) is 10.2 Å². The average Bonchev–Trinajstić information content (AvgIpc) is 3.41. The van der Waals surface area contributed by atoms with Crippen LogP contribution in [0, 0.1) is 0 Å². The van der Waals surface area contributed by atoms with Crippen LogP contribution in [0.3, 0.4) is 0 Å². The number of carbonyl (C=O) groups excluding carboxylic acids is 1. The van der Waals surface area contributed by atoms with Crippen LogP contribution < -0.4 is 5.32 Å². The fraction of sp³-hybridized carbons (Fsp3) is 0.150. The van der Waals surface area contributed by atoms with Crippen LogP contribution in [0.25, 0.3) is 11.4 Å². The van der Waals surface area contributed by atoms with Crippen molar-refractivity contribution in [2.45, 2.75) is 13.1 Å². The number of hydrogen-bond donors (Lipinski definition) is 2. The molecular weight excluding hydrogens is 340 g/mol. The van der Waals surface area contributed by atoms with E-state index in [0.717, 1.165) is 17.0 Å². The smallest absolute Gasteiger partial charge is 0.269 e. The van der Waals surface area contributed by atoms with Gasteiger partial charge < -0.3 is 9.88 Å². The molecule has 0 aliphatic carbocycles. The maximum Gasteiger partial charge on any atom is 0.269 e. The number of nitrogens with zero attached hydrogens (tertiary/aromatic N) is 4. The molecule has 0 spiro atoms. The Kier molecular flexibility index (Phi) is 4.57. The highest BCUT2D eigenvalue weighted by Crippen LogP contribution is 2.17. The first kappa shape index (κ1) is 16.8. The number of aromatic amines is 1. The topological polar surface area (TPSA) is 80.5 Å². The number of aromatic nitrogens is 5. The second kappa shape index (κ2) is 7.33. The molecule has 1 aromatic carbocycles. The Labute approximate surface area is 156 Å². The van der Waals surface area contributed by atoms with E-state index in [1.54, 1.807) is 12.3 Å². The summed E-state index contributed by atoms with van der Waals surface area (Å²) in [7, 11) is 1.94. The van der Waals surface area contributed by atoms with Gasteiger partial charge in [0.25, 0.3) is 5.91 Å². The lowest BCUT2D eigenvalue weighted by Crippen LogP contribution is -2.22. The predicted octanol–water partition coefficient (Wildman–Crippen LogP) is 2.59. The van der Waals surface area contributed by atoms with Gasteiger partial charge in [0.1, 0.15) is 11.4 Å². The predicted molar refractivity (Wildman–Crippen MR) is 102 cm³/mol. The number of benzene rings is 1. The summed E-state index contributed by atoms with van der Waals surface area (Å²) in [6.07, 6.45) is 5.65. The van der Waals surface area contributed by atoms with E-state index in [1.165, 1.54) is 5.56 Å². The lowest BCUT2D eigenvalue weighted by Gasteiger charge is -2.02. The molecule has 0 radical (unpaired) electrons. The molecule has 0 atom stereocenters. The molecule has 0 saturated heterocycles. The van der Waals surface area contributed by atoms with Gasteiger partial charge in [-0.25, -0.2) is 0 Å². The van der Waals surface area contributed by atoms with Crippen LogP contribution in [0.4, 0.5) is 0 Å². The molecule has 4 rings (SSSR count). The molecule has 0 unspecified atom stereocenters. The van der Waals surface area contributed by atoms with Gasteiger partial charge in [-0.05, 0) is 23.8 Å². The molecule has 2 N–H and O–H groups in total. The standard InChI is InChI=1S/C20H20N6O/c1-25-9-5-8-19(25)17-10-18(24-23-17)20(27)21-11-16-12-22-26(14-16)13-15-6-3-2-4-7-15/h2-10,12,14H,11,13H2,1H3,(H,21,27)(H,23,24). The summed E-state index contributed by atoms with van der Waals surface area (Å²) in [5.41, 5.74) is 4.25. The Morgan fingerprint density at radius 3 is 2.78 bits per heavy atom. The highest BCUT2D eigenvalue weighted by molar-refractivity contribution is 5.93. The van der Waals surface area contributed by atoms with E-state index in [1.807, 2.05) is 59.0 Å². The number of aryl methyl sites for hydroxylation is 1. The van der Waals surface area contributed by atoms with Gasteiger partial charge in [-0.1, -0.05) is 30.3 Å². The zero-order valence-electron chi connectivity index (χ0n) is 15.0. The van der Waals surface area contributed by atoms with Crippen molar-refractivity contribution in [2.75, 3.05) is 0 Å². The first-order valence-electron chi connectivity index (χ1n) is 8.69. The molecule has 136 valence electrons. The van der Waals surface area contributed by atoms with Crippen LogP contribution in [0.15, 0.2) is 67.1 Å². The Hall–Kier alpha value is -3.61. The number of H-pyrrole nitrogens is 1. The molecule has 0 aliphatic heterocycles. The van der Waals surface area contributed by atoms with Crippen LogP contribution in [-0.4, -0.2) is 30.5 Å². The fourth-order valence-electron chi connectivity index (χ4n) is 2.93. The van der Waals surface area contributed by atoms with Crippen molar-refractivity contribution < 1.29 is 4.79 Å². The fourth-order valence-corrected chi connectivity index (χ4v) is 2.93. The Bertz CT molecular complexity index is 1040. The molecule has 4 aromatic rings. The average molecular weight is 360 g/mol. The Balaban J connectivity index is 1.36. The Morgan fingerprint density at radius 2 is 2.00 bits per heavy atom. The van der Waals surface area contributed by atoms with E-state index in [4.69, 9.17) is 0 Å². The van der Waals surface area contributed by atoms with Gasteiger partial charge >= 0.3 is 0 Å². The lowest BCUT2D eigenvalue weighted by atomic mass is 10.2. The molecule has 7 nitrogen and oxygen atoms in total. The van der Waals surface area contributed by atoms with Crippen molar-refractivity contribution in [3.63, 3.8) is 0 Å². The summed E-state index contributed by atoms with van der Waals surface area (Å²) in [4.78, 5) is 12.4. The van der Waals surface area contributed by atoms with Gasteiger partial charge in [0.05, 0.1) is 18.4 Å². The van der Waals surface area contributed by atoms with E-state index in [-0.39, 0.29) is 5.91 Å². The largest absolute Gasteiger partial charge is 0.349 e. The minimum atomic E-state index is -0.196. The minimum Gasteiger partial charge on any atom is -0.349 e. The lowest BCUT2D eigenvalue weighted by molar-refractivity contribution is 0.0946. The number of carbonyl (C=O) groups is 1. The van der Waals surface area contributed by atoms with Crippen molar-refractivity contribution in [3.8, 4) is 11.4 Å². The minimum absolute atomic E-state index is 0.196. The molecule has 0 bridgehead atoms. The van der Waals surface area contributed by atoms with E-state index < -0.39 is 0 Å². The zero-order valence-corrected chi connectivity index (χ0v) is 15.0. The van der Waals surface area contributed by atoms with Gasteiger partial charge in [-0.15, -0.1) is 0 Å². The molecule has 3 aromatic heterocycles.